The minimum atomic E-state index is -0.518. The highest BCUT2D eigenvalue weighted by Crippen LogP contribution is 2.40. The number of nitrogens with one attached hydrogen (secondary N) is 1. The number of rotatable bonds is 4. The van der Waals surface area contributed by atoms with Crippen molar-refractivity contribution in [2.45, 2.75) is 33.1 Å². The summed E-state index contributed by atoms with van der Waals surface area (Å²) in [5.41, 5.74) is 8.59. The highest BCUT2D eigenvalue weighted by molar-refractivity contribution is 7.17. The molecule has 150 valence electrons. The van der Waals surface area contributed by atoms with Gasteiger partial charge in [0.05, 0.1) is 16.9 Å². The van der Waals surface area contributed by atoms with Crippen molar-refractivity contribution in [3.8, 4) is 5.69 Å². The molecule has 2 aromatic heterocycles. The summed E-state index contributed by atoms with van der Waals surface area (Å²) < 4.78 is 1.53. The maximum absolute atomic E-state index is 13.1. The smallest absolute Gasteiger partial charge is 0.261 e. The Morgan fingerprint density at radius 2 is 2.00 bits per heavy atom. The van der Waals surface area contributed by atoms with Crippen molar-refractivity contribution in [1.29, 1.82) is 0 Å². The molecule has 8 heteroatoms. The Hall–Kier alpha value is -2.64. The zero-order valence-electron chi connectivity index (χ0n) is 16.2. The minimum Gasteiger partial charge on any atom is -0.365 e. The van der Waals surface area contributed by atoms with Crippen LogP contribution in [0.3, 0.4) is 0 Å². The van der Waals surface area contributed by atoms with Crippen LogP contribution in [0.2, 0.25) is 5.15 Å². The van der Waals surface area contributed by atoms with Crippen molar-refractivity contribution >= 4 is 39.8 Å². The summed E-state index contributed by atoms with van der Waals surface area (Å²) in [7, 11) is 0. The van der Waals surface area contributed by atoms with Crippen LogP contribution in [-0.2, 0) is 12.8 Å². The SMILES string of the molecule is Cc1nn(-c2ccccc2)c(Cl)c1C(=O)Nc1sc2c(c1C(N)=O)CC[C@@H](C)C2. The highest BCUT2D eigenvalue weighted by Gasteiger charge is 2.29. The van der Waals surface area contributed by atoms with Crippen LogP contribution in [0.1, 0.15) is 50.2 Å². The van der Waals surface area contributed by atoms with Crippen LogP contribution >= 0.6 is 22.9 Å². The molecule has 1 aliphatic carbocycles. The molecule has 2 amide bonds. The number of para-hydroxylation sites is 1. The summed E-state index contributed by atoms with van der Waals surface area (Å²) in [4.78, 5) is 26.3. The van der Waals surface area contributed by atoms with Crippen LogP contribution in [0.5, 0.6) is 0 Å². The van der Waals surface area contributed by atoms with E-state index in [-0.39, 0.29) is 10.7 Å². The third-order valence-electron chi connectivity index (χ3n) is 5.22. The number of carbonyl (C=O) groups is 2. The molecule has 3 N–H and O–H groups in total. The maximum atomic E-state index is 13.1. The third kappa shape index (κ3) is 3.56. The van der Waals surface area contributed by atoms with E-state index in [0.717, 1.165) is 35.4 Å². The number of aromatic nitrogens is 2. The predicted molar refractivity (Wildman–Crippen MR) is 115 cm³/mol. The van der Waals surface area contributed by atoms with Crippen molar-refractivity contribution in [1.82, 2.24) is 9.78 Å². The van der Waals surface area contributed by atoms with Crippen LogP contribution in [0.4, 0.5) is 5.00 Å². The van der Waals surface area contributed by atoms with Crippen molar-refractivity contribution in [3.05, 3.63) is 62.7 Å². The van der Waals surface area contributed by atoms with Gasteiger partial charge in [0, 0.05) is 4.88 Å². The molecule has 0 fully saturated rings. The number of nitrogens with two attached hydrogens (primary N) is 1. The lowest BCUT2D eigenvalue weighted by atomic mass is 9.88. The first-order valence-corrected chi connectivity index (χ1v) is 10.6. The Morgan fingerprint density at radius 3 is 2.69 bits per heavy atom. The topological polar surface area (TPSA) is 90.0 Å². The fraction of sp³-hybridized carbons (Fsp3) is 0.286. The van der Waals surface area contributed by atoms with Gasteiger partial charge >= 0.3 is 0 Å². The number of benzene rings is 1. The first-order valence-electron chi connectivity index (χ1n) is 9.43. The summed E-state index contributed by atoms with van der Waals surface area (Å²) in [5, 5.41) is 7.99. The van der Waals surface area contributed by atoms with Crippen LogP contribution in [0.15, 0.2) is 30.3 Å². The second-order valence-electron chi connectivity index (χ2n) is 7.37. The molecule has 3 aromatic rings. The monoisotopic (exact) mass is 428 g/mol. The summed E-state index contributed by atoms with van der Waals surface area (Å²) in [5.74, 6) is -0.370. The second kappa shape index (κ2) is 7.65. The normalized spacial score (nSPS) is 15.8. The number of nitrogens with zero attached hydrogens (tertiary/aromatic N) is 2. The molecule has 0 saturated heterocycles. The second-order valence-corrected chi connectivity index (χ2v) is 8.84. The standard InChI is InChI=1S/C21H21ClN4O2S/c1-11-8-9-14-15(10-11)29-21(17(14)19(23)27)24-20(28)16-12(2)25-26(18(16)22)13-6-4-3-5-7-13/h3-7,11H,8-10H2,1-2H3,(H2,23,27)(H,24,28)/t11-/m1/s1. The molecule has 1 aliphatic rings. The number of thiophene rings is 1. The number of anilines is 1. The van der Waals surface area contributed by atoms with Gasteiger partial charge in [0.25, 0.3) is 11.8 Å². The van der Waals surface area contributed by atoms with Crippen LogP contribution < -0.4 is 11.1 Å². The summed E-state index contributed by atoms with van der Waals surface area (Å²) in [6.07, 6.45) is 2.70. The van der Waals surface area contributed by atoms with Gasteiger partial charge in [0.1, 0.15) is 15.7 Å². The molecule has 0 spiro atoms. The number of hydrogen-bond donors (Lipinski definition) is 2. The van der Waals surface area contributed by atoms with Crippen molar-refractivity contribution < 1.29 is 9.59 Å². The van der Waals surface area contributed by atoms with Gasteiger partial charge in [-0.3, -0.25) is 9.59 Å². The Balaban J connectivity index is 1.69. The predicted octanol–water partition coefficient (Wildman–Crippen LogP) is 4.37. The lowest BCUT2D eigenvalue weighted by molar-refractivity contribution is 0.1000. The van der Waals surface area contributed by atoms with E-state index >= 15 is 0 Å². The average molecular weight is 429 g/mol. The fourth-order valence-corrected chi connectivity index (χ4v) is 5.53. The molecule has 0 unspecified atom stereocenters. The molecule has 2 heterocycles. The lowest BCUT2D eigenvalue weighted by Crippen LogP contribution is -2.19. The molecule has 4 rings (SSSR count). The van der Waals surface area contributed by atoms with E-state index in [9.17, 15) is 9.59 Å². The summed E-state index contributed by atoms with van der Waals surface area (Å²) in [6.45, 7) is 3.92. The fourth-order valence-electron chi connectivity index (χ4n) is 3.76. The van der Waals surface area contributed by atoms with Crippen molar-refractivity contribution in [3.63, 3.8) is 0 Å². The Morgan fingerprint density at radius 1 is 1.28 bits per heavy atom. The molecule has 0 aliphatic heterocycles. The van der Waals surface area contributed by atoms with Crippen LogP contribution in [0.25, 0.3) is 5.69 Å². The van der Waals surface area contributed by atoms with E-state index < -0.39 is 11.8 Å². The number of amides is 2. The average Bonchev–Trinajstić information content (AvgIpc) is 3.18. The number of primary amides is 1. The van der Waals surface area contributed by atoms with Gasteiger partial charge in [-0.2, -0.15) is 5.10 Å². The number of aryl methyl sites for hydroxylation is 1. The first-order chi connectivity index (χ1) is 13.9. The van der Waals surface area contributed by atoms with Gasteiger partial charge in [-0.25, -0.2) is 4.68 Å². The van der Waals surface area contributed by atoms with Gasteiger partial charge < -0.3 is 11.1 Å². The molecular formula is C21H21ClN4O2S. The molecule has 0 saturated carbocycles. The molecular weight excluding hydrogens is 408 g/mol. The van der Waals surface area contributed by atoms with Crippen LogP contribution in [-0.4, -0.2) is 21.6 Å². The first kappa shape index (κ1) is 19.7. The van der Waals surface area contributed by atoms with Gasteiger partial charge in [-0.1, -0.05) is 36.7 Å². The van der Waals surface area contributed by atoms with E-state index in [1.165, 1.54) is 16.0 Å². The molecule has 1 atom stereocenters. The van der Waals surface area contributed by atoms with Gasteiger partial charge in [0.15, 0.2) is 0 Å². The van der Waals surface area contributed by atoms with Crippen molar-refractivity contribution in [2.75, 3.05) is 5.32 Å². The van der Waals surface area contributed by atoms with E-state index in [0.29, 0.717) is 22.2 Å². The summed E-state index contributed by atoms with van der Waals surface area (Å²) in [6, 6.07) is 9.36. The zero-order chi connectivity index (χ0) is 20.7. The Kier molecular flexibility index (Phi) is 5.19. The number of hydrogen-bond acceptors (Lipinski definition) is 4. The quantitative estimate of drug-likeness (QED) is 0.646. The number of halogens is 1. The number of carbonyl (C=O) groups excluding carboxylic acids is 2. The van der Waals surface area contributed by atoms with E-state index in [1.54, 1.807) is 6.92 Å². The maximum Gasteiger partial charge on any atom is 0.261 e. The van der Waals surface area contributed by atoms with Gasteiger partial charge in [0.2, 0.25) is 0 Å². The van der Waals surface area contributed by atoms with Gasteiger partial charge in [-0.15, -0.1) is 11.3 Å². The van der Waals surface area contributed by atoms with Crippen molar-refractivity contribution in [2.24, 2.45) is 11.7 Å². The zero-order valence-corrected chi connectivity index (χ0v) is 17.7. The lowest BCUT2D eigenvalue weighted by Gasteiger charge is -2.18. The Labute approximate surface area is 177 Å². The molecule has 29 heavy (non-hydrogen) atoms. The van der Waals surface area contributed by atoms with E-state index in [4.69, 9.17) is 17.3 Å². The Bertz CT molecular complexity index is 1100. The highest BCUT2D eigenvalue weighted by atomic mass is 35.5. The third-order valence-corrected chi connectivity index (χ3v) is 6.74. The van der Waals surface area contributed by atoms with Crippen LogP contribution in [0, 0.1) is 12.8 Å². The number of fused-ring (bicyclic) bond motifs is 1. The summed E-state index contributed by atoms with van der Waals surface area (Å²) >= 11 is 7.93. The molecule has 1 aromatic carbocycles. The molecule has 0 bridgehead atoms. The van der Waals surface area contributed by atoms with E-state index in [2.05, 4.69) is 17.3 Å². The molecule has 6 nitrogen and oxygen atoms in total. The molecule has 0 radical (unpaired) electrons. The largest absolute Gasteiger partial charge is 0.365 e. The minimum absolute atomic E-state index is 0.224. The van der Waals surface area contributed by atoms with E-state index in [1.807, 2.05) is 30.3 Å². The van der Waals surface area contributed by atoms with Gasteiger partial charge in [-0.05, 0) is 49.8 Å².